The van der Waals surface area contributed by atoms with Crippen LogP contribution in [0.2, 0.25) is 0 Å². The van der Waals surface area contributed by atoms with E-state index in [1.165, 1.54) is 6.07 Å². The average Bonchev–Trinajstić information content (AvgIpc) is 3.15. The van der Waals surface area contributed by atoms with Crippen molar-refractivity contribution in [1.29, 1.82) is 0 Å². The third-order valence-corrected chi connectivity index (χ3v) is 4.25. The molecule has 3 rings (SSSR count). The lowest BCUT2D eigenvalue weighted by molar-refractivity contribution is -0.126. The topological polar surface area (TPSA) is 54.5 Å². The number of para-hydroxylation sites is 1. The van der Waals surface area contributed by atoms with Crippen molar-refractivity contribution in [3.05, 3.63) is 60.2 Å². The van der Waals surface area contributed by atoms with Crippen LogP contribution in [0.1, 0.15) is 24.4 Å². The van der Waals surface area contributed by atoms with Crippen molar-refractivity contribution in [3.63, 3.8) is 0 Å². The number of rotatable bonds is 7. The lowest BCUT2D eigenvalue weighted by atomic mass is 10.1. The van der Waals surface area contributed by atoms with Crippen molar-refractivity contribution in [2.75, 3.05) is 26.2 Å². The first kappa shape index (κ1) is 17.4. The molecule has 132 valence electrons. The van der Waals surface area contributed by atoms with E-state index in [4.69, 9.17) is 4.74 Å². The fraction of sp³-hybridized carbons (Fsp3) is 0.368. The smallest absolute Gasteiger partial charge is 0.242 e. The Morgan fingerprint density at radius 1 is 1.24 bits per heavy atom. The Balaban J connectivity index is 1.56. The maximum atomic E-state index is 13.5. The summed E-state index contributed by atoms with van der Waals surface area (Å²) in [5.74, 6) is -0.286. The molecule has 5 nitrogen and oxygen atoms in total. The van der Waals surface area contributed by atoms with Crippen LogP contribution in [0.4, 0.5) is 4.39 Å². The molecule has 2 heterocycles. The van der Waals surface area contributed by atoms with Crippen LogP contribution in [-0.4, -0.2) is 42.0 Å². The normalized spacial score (nSPS) is 15.7. The fourth-order valence-electron chi connectivity index (χ4n) is 3.06. The molecule has 6 heteroatoms. The molecule has 0 saturated carbocycles. The maximum absolute atomic E-state index is 13.5. The number of nitrogens with one attached hydrogen (secondary N) is 1. The maximum Gasteiger partial charge on any atom is 0.242 e. The number of carbonyl (C=O) groups is 1. The molecular weight excluding hydrogens is 321 g/mol. The molecule has 1 atom stereocenters. The first-order chi connectivity index (χ1) is 12.3. The van der Waals surface area contributed by atoms with Gasteiger partial charge in [-0.05, 0) is 49.7 Å². The summed E-state index contributed by atoms with van der Waals surface area (Å²) < 4.78 is 18.9. The summed E-state index contributed by atoms with van der Waals surface area (Å²) in [6, 6.07) is 9.66. The minimum Gasteiger partial charge on any atom is -0.489 e. The van der Waals surface area contributed by atoms with Crippen LogP contribution >= 0.6 is 0 Å². The molecule has 0 spiro atoms. The number of amides is 1. The largest absolute Gasteiger partial charge is 0.489 e. The molecular formula is C19H22FN3O2. The van der Waals surface area contributed by atoms with Crippen molar-refractivity contribution < 1.29 is 13.9 Å². The highest BCUT2D eigenvalue weighted by Gasteiger charge is 2.29. The number of carbonyl (C=O) groups excluding carboxylic acids is 1. The van der Waals surface area contributed by atoms with E-state index >= 15 is 0 Å². The molecule has 1 saturated heterocycles. The number of likely N-dealkylation sites (tertiary alicyclic amines) is 1. The Bertz CT molecular complexity index is 690. The number of benzene rings is 1. The number of pyridine rings is 1. The highest BCUT2D eigenvalue weighted by atomic mass is 19.1. The number of aromatic nitrogens is 1. The molecule has 0 bridgehead atoms. The Kier molecular flexibility index (Phi) is 5.95. The van der Waals surface area contributed by atoms with Crippen molar-refractivity contribution in [2.45, 2.75) is 18.9 Å². The van der Waals surface area contributed by atoms with Crippen LogP contribution in [0.3, 0.4) is 0 Å². The van der Waals surface area contributed by atoms with E-state index < -0.39 is 5.82 Å². The summed E-state index contributed by atoms with van der Waals surface area (Å²) in [6.07, 6.45) is 5.63. The van der Waals surface area contributed by atoms with Crippen molar-refractivity contribution >= 4 is 5.91 Å². The molecule has 1 N–H and O–H groups in total. The van der Waals surface area contributed by atoms with E-state index in [9.17, 15) is 9.18 Å². The summed E-state index contributed by atoms with van der Waals surface area (Å²) in [5, 5.41) is 2.89. The summed E-state index contributed by atoms with van der Waals surface area (Å²) in [6.45, 7) is 2.33. The second kappa shape index (κ2) is 8.58. The fourth-order valence-corrected chi connectivity index (χ4v) is 3.06. The van der Waals surface area contributed by atoms with Gasteiger partial charge in [-0.15, -0.1) is 0 Å². The molecule has 0 radical (unpaired) electrons. The van der Waals surface area contributed by atoms with E-state index in [-0.39, 0.29) is 24.3 Å². The van der Waals surface area contributed by atoms with Gasteiger partial charge in [0.15, 0.2) is 11.6 Å². The minimum absolute atomic E-state index is 0.0768. The quantitative estimate of drug-likeness (QED) is 0.785. The zero-order chi connectivity index (χ0) is 17.5. The standard InChI is InChI=1S/C19H22FN3O2/c20-16-7-1-2-8-17(16)25-13-10-22-19(24)18(23-11-3-4-12-23)15-6-5-9-21-14-15/h1-2,5-9,14,18H,3-4,10-13H2,(H,22,24). The van der Waals surface area contributed by atoms with E-state index in [1.807, 2.05) is 12.1 Å². The van der Waals surface area contributed by atoms with Gasteiger partial charge in [0.25, 0.3) is 0 Å². The third-order valence-electron chi connectivity index (χ3n) is 4.25. The summed E-state index contributed by atoms with van der Waals surface area (Å²) in [7, 11) is 0. The summed E-state index contributed by atoms with van der Waals surface area (Å²) >= 11 is 0. The van der Waals surface area contributed by atoms with E-state index in [2.05, 4.69) is 15.2 Å². The number of hydrogen-bond donors (Lipinski definition) is 1. The van der Waals surface area contributed by atoms with Crippen LogP contribution in [0.15, 0.2) is 48.8 Å². The van der Waals surface area contributed by atoms with Crippen molar-refractivity contribution in [2.24, 2.45) is 0 Å². The molecule has 0 aliphatic carbocycles. The lowest BCUT2D eigenvalue weighted by Gasteiger charge is -2.26. The van der Waals surface area contributed by atoms with Gasteiger partial charge in [0, 0.05) is 12.4 Å². The first-order valence-corrected chi connectivity index (χ1v) is 8.55. The summed E-state index contributed by atoms with van der Waals surface area (Å²) in [5.41, 5.74) is 0.886. The van der Waals surface area contributed by atoms with Gasteiger partial charge in [-0.2, -0.15) is 0 Å². The second-order valence-corrected chi connectivity index (χ2v) is 6.00. The van der Waals surface area contributed by atoms with Crippen LogP contribution in [-0.2, 0) is 4.79 Å². The van der Waals surface area contributed by atoms with Gasteiger partial charge in [-0.1, -0.05) is 18.2 Å². The van der Waals surface area contributed by atoms with Gasteiger partial charge in [0.05, 0.1) is 6.54 Å². The average molecular weight is 343 g/mol. The monoisotopic (exact) mass is 343 g/mol. The van der Waals surface area contributed by atoms with Crippen LogP contribution in [0.25, 0.3) is 0 Å². The Hall–Kier alpha value is -2.47. The van der Waals surface area contributed by atoms with Crippen molar-refractivity contribution in [3.8, 4) is 5.75 Å². The predicted molar refractivity (Wildman–Crippen MR) is 92.7 cm³/mol. The molecule has 1 amide bonds. The highest BCUT2D eigenvalue weighted by Crippen LogP contribution is 2.24. The number of hydrogen-bond acceptors (Lipinski definition) is 4. The van der Waals surface area contributed by atoms with Gasteiger partial charge in [-0.3, -0.25) is 14.7 Å². The van der Waals surface area contributed by atoms with E-state index in [0.29, 0.717) is 6.54 Å². The Morgan fingerprint density at radius 3 is 2.76 bits per heavy atom. The van der Waals surface area contributed by atoms with Gasteiger partial charge in [0.2, 0.25) is 5.91 Å². The van der Waals surface area contributed by atoms with Crippen LogP contribution in [0.5, 0.6) is 5.75 Å². The molecule has 1 aliphatic heterocycles. The zero-order valence-electron chi connectivity index (χ0n) is 14.0. The Labute approximate surface area is 146 Å². The first-order valence-electron chi connectivity index (χ1n) is 8.55. The summed E-state index contributed by atoms with van der Waals surface area (Å²) in [4.78, 5) is 19.0. The Morgan fingerprint density at radius 2 is 2.04 bits per heavy atom. The second-order valence-electron chi connectivity index (χ2n) is 6.00. The predicted octanol–water partition coefficient (Wildman–Crippen LogP) is 2.55. The van der Waals surface area contributed by atoms with Gasteiger partial charge >= 0.3 is 0 Å². The molecule has 1 aromatic carbocycles. The van der Waals surface area contributed by atoms with E-state index in [0.717, 1.165) is 31.5 Å². The molecule has 25 heavy (non-hydrogen) atoms. The lowest BCUT2D eigenvalue weighted by Crippen LogP contribution is -2.40. The molecule has 1 aromatic heterocycles. The minimum atomic E-state index is -0.404. The SMILES string of the molecule is O=C(NCCOc1ccccc1F)C(c1cccnc1)N1CCCC1. The molecule has 1 fully saturated rings. The third kappa shape index (κ3) is 4.54. The van der Waals surface area contributed by atoms with Gasteiger partial charge in [0.1, 0.15) is 12.6 Å². The molecule has 1 aliphatic rings. The number of halogens is 1. The highest BCUT2D eigenvalue weighted by molar-refractivity contribution is 5.83. The molecule has 1 unspecified atom stereocenters. The zero-order valence-corrected chi connectivity index (χ0v) is 14.0. The van der Waals surface area contributed by atoms with Crippen molar-refractivity contribution in [1.82, 2.24) is 15.2 Å². The number of ether oxygens (including phenoxy) is 1. The van der Waals surface area contributed by atoms with Crippen LogP contribution in [0, 0.1) is 5.82 Å². The number of nitrogens with zero attached hydrogens (tertiary/aromatic N) is 2. The van der Waals surface area contributed by atoms with Gasteiger partial charge in [-0.25, -0.2) is 4.39 Å². The van der Waals surface area contributed by atoms with Gasteiger partial charge < -0.3 is 10.1 Å². The van der Waals surface area contributed by atoms with Crippen LogP contribution < -0.4 is 10.1 Å². The van der Waals surface area contributed by atoms with E-state index in [1.54, 1.807) is 30.6 Å². The molecule has 2 aromatic rings.